The number of hydrogen-bond donors (Lipinski definition) is 2. The van der Waals surface area contributed by atoms with Gasteiger partial charge in [-0.05, 0) is 12.1 Å². The maximum atomic E-state index is 11.6. The first-order valence-corrected chi connectivity index (χ1v) is 7.33. The Hall–Kier alpha value is -1.12. The van der Waals surface area contributed by atoms with Crippen LogP contribution < -0.4 is 5.32 Å². The van der Waals surface area contributed by atoms with E-state index in [1.807, 2.05) is 18.2 Å². The predicted molar refractivity (Wildman–Crippen MR) is 64.9 cm³/mol. The van der Waals surface area contributed by atoms with Gasteiger partial charge >= 0.3 is 0 Å². The molecule has 0 aliphatic carbocycles. The van der Waals surface area contributed by atoms with Crippen molar-refractivity contribution in [1.29, 1.82) is 0 Å². The lowest BCUT2D eigenvalue weighted by Crippen LogP contribution is -2.23. The summed E-state index contributed by atoms with van der Waals surface area (Å²) >= 11 is 0. The average molecular weight is 241 g/mol. The fourth-order valence-electron chi connectivity index (χ4n) is 1.38. The third-order valence-electron chi connectivity index (χ3n) is 2.10. The van der Waals surface area contributed by atoms with E-state index in [0.717, 1.165) is 0 Å². The fourth-order valence-corrected chi connectivity index (χ4v) is 2.56. The highest BCUT2D eigenvalue weighted by Crippen LogP contribution is 2.37. The van der Waals surface area contributed by atoms with Gasteiger partial charge in [-0.1, -0.05) is 25.1 Å². The average Bonchev–Trinajstić information content (AvgIpc) is 2.16. The smallest absolute Gasteiger partial charge is 0.227 e. The van der Waals surface area contributed by atoms with Gasteiger partial charge < -0.3 is 10.2 Å². The maximum absolute atomic E-state index is 11.6. The Morgan fingerprint density at radius 2 is 2.00 bits per heavy atom. The molecule has 0 aromatic heterocycles. The van der Waals surface area contributed by atoms with Gasteiger partial charge in [-0.25, -0.2) is 0 Å². The van der Waals surface area contributed by atoms with Crippen LogP contribution in [0.15, 0.2) is 30.3 Å². The first kappa shape index (κ1) is 12.9. The van der Waals surface area contributed by atoms with E-state index in [9.17, 15) is 14.3 Å². The van der Waals surface area contributed by atoms with Crippen molar-refractivity contribution in [2.45, 2.75) is 6.92 Å². The number of rotatable bonds is 4. The molecule has 4 nitrogen and oxygen atoms in total. The molecule has 0 aliphatic rings. The van der Waals surface area contributed by atoms with Gasteiger partial charge in [0.25, 0.3) is 0 Å². The Kier molecular flexibility index (Phi) is 4.27. The van der Waals surface area contributed by atoms with Crippen LogP contribution >= 0.6 is 7.37 Å². The Labute approximate surface area is 95.1 Å². The number of anilines is 1. The lowest BCUT2D eigenvalue weighted by atomic mass is 10.2. The Morgan fingerprint density at radius 3 is 2.50 bits per heavy atom. The summed E-state index contributed by atoms with van der Waals surface area (Å²) in [4.78, 5) is 20.8. The molecule has 1 rings (SSSR count). The molecule has 0 bridgehead atoms. The molecule has 1 amide bonds. The highest BCUT2D eigenvalue weighted by Gasteiger charge is 2.21. The molecule has 0 fully saturated rings. The van der Waals surface area contributed by atoms with Crippen LogP contribution in [0.4, 0.5) is 5.69 Å². The van der Waals surface area contributed by atoms with Crippen molar-refractivity contribution in [3.8, 4) is 0 Å². The van der Waals surface area contributed by atoms with Gasteiger partial charge in [0.05, 0.1) is 0 Å². The summed E-state index contributed by atoms with van der Waals surface area (Å²) in [6.07, 6.45) is 0.00562. The summed E-state index contributed by atoms with van der Waals surface area (Å²) in [7, 11) is -3.14. The van der Waals surface area contributed by atoms with E-state index in [1.165, 1.54) is 6.66 Å². The molecule has 0 aliphatic heterocycles. The second-order valence-electron chi connectivity index (χ2n) is 3.99. The lowest BCUT2D eigenvalue weighted by Gasteiger charge is -2.13. The van der Waals surface area contributed by atoms with E-state index in [2.05, 4.69) is 5.32 Å². The van der Waals surface area contributed by atoms with Gasteiger partial charge in [-0.3, -0.25) is 9.36 Å². The van der Waals surface area contributed by atoms with Gasteiger partial charge in [0.1, 0.15) is 0 Å². The molecular weight excluding hydrogens is 225 g/mol. The topological polar surface area (TPSA) is 66.4 Å². The van der Waals surface area contributed by atoms with Crippen LogP contribution in [0.5, 0.6) is 0 Å². The summed E-state index contributed by atoms with van der Waals surface area (Å²) < 4.78 is 11.2. The molecule has 0 radical (unpaired) electrons. The summed E-state index contributed by atoms with van der Waals surface area (Å²) in [6, 6.07) is 9.03. The van der Waals surface area contributed by atoms with Crippen molar-refractivity contribution in [3.05, 3.63) is 30.3 Å². The highest BCUT2D eigenvalue weighted by molar-refractivity contribution is 7.57. The van der Waals surface area contributed by atoms with E-state index in [1.54, 1.807) is 19.1 Å². The zero-order valence-electron chi connectivity index (χ0n) is 9.38. The van der Waals surface area contributed by atoms with Crippen LogP contribution in [0.3, 0.4) is 0 Å². The summed E-state index contributed by atoms with van der Waals surface area (Å²) in [6.45, 7) is 2.91. The van der Waals surface area contributed by atoms with Crippen LogP contribution in [0.25, 0.3) is 0 Å². The van der Waals surface area contributed by atoms with Gasteiger partial charge in [-0.2, -0.15) is 0 Å². The summed E-state index contributed by atoms with van der Waals surface area (Å²) in [5.41, 5.74) is 0.697. The molecular formula is C11H16NO3P. The first-order valence-electron chi connectivity index (χ1n) is 5.04. The molecule has 2 N–H and O–H groups in total. The van der Waals surface area contributed by atoms with Crippen molar-refractivity contribution < 1.29 is 14.3 Å². The second-order valence-corrected chi connectivity index (χ2v) is 6.46. The number of hydrogen-bond acceptors (Lipinski definition) is 2. The third-order valence-corrected chi connectivity index (χ3v) is 3.33. The van der Waals surface area contributed by atoms with Crippen LogP contribution in [-0.4, -0.2) is 23.6 Å². The first-order chi connectivity index (χ1) is 7.38. The van der Waals surface area contributed by atoms with Crippen LogP contribution in [-0.2, 0) is 9.36 Å². The van der Waals surface area contributed by atoms with Crippen molar-refractivity contribution in [2.75, 3.05) is 18.1 Å². The zero-order valence-corrected chi connectivity index (χ0v) is 10.3. The van der Waals surface area contributed by atoms with E-state index in [0.29, 0.717) is 5.69 Å². The highest BCUT2D eigenvalue weighted by atomic mass is 31.2. The largest absolute Gasteiger partial charge is 0.344 e. The van der Waals surface area contributed by atoms with Gasteiger partial charge in [0.2, 0.25) is 5.91 Å². The van der Waals surface area contributed by atoms with Crippen LogP contribution in [0.1, 0.15) is 6.92 Å². The molecule has 16 heavy (non-hydrogen) atoms. The van der Waals surface area contributed by atoms with E-state index >= 15 is 0 Å². The standard InChI is InChI=1S/C11H16NO3P/c1-9(8-16(2,14)15)11(13)12-10-6-4-3-5-7-10/h3-7,9H,8H2,1-2H3,(H,12,13)(H,14,15). The molecule has 2 unspecified atom stereocenters. The molecule has 0 saturated carbocycles. The maximum Gasteiger partial charge on any atom is 0.227 e. The minimum Gasteiger partial charge on any atom is -0.344 e. The number of amides is 1. The number of carbonyl (C=O) groups is 1. The van der Waals surface area contributed by atoms with Crippen molar-refractivity contribution >= 4 is 19.0 Å². The molecule has 1 aromatic rings. The molecule has 88 valence electrons. The van der Waals surface area contributed by atoms with Crippen LogP contribution in [0.2, 0.25) is 0 Å². The minimum atomic E-state index is -3.14. The predicted octanol–water partition coefficient (Wildman–Crippen LogP) is 2.16. The molecule has 0 saturated heterocycles. The van der Waals surface area contributed by atoms with Crippen molar-refractivity contribution in [1.82, 2.24) is 0 Å². The number of para-hydroxylation sites is 1. The van der Waals surface area contributed by atoms with E-state index in [-0.39, 0.29) is 12.1 Å². The van der Waals surface area contributed by atoms with Crippen molar-refractivity contribution in [2.24, 2.45) is 5.92 Å². The van der Waals surface area contributed by atoms with Gasteiger partial charge in [-0.15, -0.1) is 0 Å². The summed E-state index contributed by atoms with van der Waals surface area (Å²) in [5, 5.41) is 2.69. The lowest BCUT2D eigenvalue weighted by molar-refractivity contribution is -0.118. The van der Waals surface area contributed by atoms with E-state index in [4.69, 9.17) is 0 Å². The Balaban J connectivity index is 2.56. The van der Waals surface area contributed by atoms with E-state index < -0.39 is 13.3 Å². The monoisotopic (exact) mass is 241 g/mol. The molecule has 5 heteroatoms. The SMILES string of the molecule is CC(CP(C)(=O)O)C(=O)Nc1ccccc1. The summed E-state index contributed by atoms with van der Waals surface area (Å²) in [5.74, 6) is -0.705. The zero-order chi connectivity index (χ0) is 12.2. The normalized spacial score (nSPS) is 16.2. The Morgan fingerprint density at radius 1 is 1.44 bits per heavy atom. The number of benzene rings is 1. The van der Waals surface area contributed by atoms with Crippen LogP contribution in [0, 0.1) is 5.92 Å². The molecule has 0 heterocycles. The van der Waals surface area contributed by atoms with Gasteiger partial charge in [0.15, 0.2) is 7.37 Å². The fraction of sp³-hybridized carbons (Fsp3) is 0.364. The quantitative estimate of drug-likeness (QED) is 0.794. The van der Waals surface area contributed by atoms with Gasteiger partial charge in [0, 0.05) is 24.4 Å². The molecule has 1 aromatic carbocycles. The third kappa shape index (κ3) is 4.60. The number of nitrogens with one attached hydrogen (secondary N) is 1. The molecule has 0 spiro atoms. The van der Waals surface area contributed by atoms with Crippen molar-refractivity contribution in [3.63, 3.8) is 0 Å². The number of carbonyl (C=O) groups excluding carboxylic acids is 1. The second kappa shape index (κ2) is 5.28. The molecule has 2 atom stereocenters. The Bertz CT molecular complexity index is 399. The minimum absolute atomic E-state index is 0.00562.